The molecule has 1 aromatic carbocycles. The number of imidazole rings is 1. The minimum absolute atomic E-state index is 0.392. The summed E-state index contributed by atoms with van der Waals surface area (Å²) < 4.78 is 38.2. The van der Waals surface area contributed by atoms with Crippen LogP contribution in [0.3, 0.4) is 0 Å². The lowest BCUT2D eigenvalue weighted by atomic mass is 9.76. The fourth-order valence-electron chi connectivity index (χ4n) is 3.23. The highest BCUT2D eigenvalue weighted by atomic mass is 19.4. The highest BCUT2D eigenvalue weighted by Gasteiger charge is 2.36. The molecule has 114 valence electrons. The molecule has 3 rings (SSSR count). The Morgan fingerprint density at radius 1 is 1.38 bits per heavy atom. The number of aromatic amines is 1. The van der Waals surface area contributed by atoms with Crippen LogP contribution in [0.5, 0.6) is 0 Å². The second-order valence-corrected chi connectivity index (χ2v) is 6.17. The largest absolute Gasteiger partial charge is 0.416 e. The van der Waals surface area contributed by atoms with Gasteiger partial charge in [0.25, 0.3) is 0 Å². The van der Waals surface area contributed by atoms with E-state index in [4.69, 9.17) is 5.73 Å². The molecule has 1 aromatic heterocycles. The smallest absolute Gasteiger partial charge is 0.340 e. The second-order valence-electron chi connectivity index (χ2n) is 6.17. The number of fused-ring (bicyclic) bond motifs is 1. The Bertz CT molecular complexity index is 662. The summed E-state index contributed by atoms with van der Waals surface area (Å²) in [7, 11) is 0. The maximum Gasteiger partial charge on any atom is 0.416 e. The van der Waals surface area contributed by atoms with Gasteiger partial charge in [0.1, 0.15) is 5.82 Å². The summed E-state index contributed by atoms with van der Waals surface area (Å²) in [5.74, 6) is 1.10. The van der Waals surface area contributed by atoms with E-state index < -0.39 is 17.3 Å². The van der Waals surface area contributed by atoms with E-state index in [9.17, 15) is 13.2 Å². The Kier molecular flexibility index (Phi) is 3.24. The van der Waals surface area contributed by atoms with Gasteiger partial charge in [-0.1, -0.05) is 19.8 Å². The molecule has 1 fully saturated rings. The van der Waals surface area contributed by atoms with E-state index in [0.717, 1.165) is 37.8 Å². The van der Waals surface area contributed by atoms with Crippen molar-refractivity contribution in [3.8, 4) is 0 Å². The number of H-pyrrole nitrogens is 1. The molecule has 0 bridgehead atoms. The van der Waals surface area contributed by atoms with Crippen LogP contribution in [0.15, 0.2) is 18.2 Å². The Morgan fingerprint density at radius 2 is 2.14 bits per heavy atom. The lowest BCUT2D eigenvalue weighted by Gasteiger charge is -2.35. The van der Waals surface area contributed by atoms with Gasteiger partial charge in [-0.25, -0.2) is 4.98 Å². The first-order valence-corrected chi connectivity index (χ1v) is 7.14. The van der Waals surface area contributed by atoms with E-state index in [2.05, 4.69) is 16.9 Å². The number of nitrogens with one attached hydrogen (secondary N) is 1. The molecule has 1 aliphatic rings. The van der Waals surface area contributed by atoms with Crippen LogP contribution in [-0.4, -0.2) is 9.97 Å². The van der Waals surface area contributed by atoms with Crippen molar-refractivity contribution in [2.45, 2.75) is 44.3 Å². The van der Waals surface area contributed by atoms with Gasteiger partial charge in [-0.05, 0) is 37.0 Å². The number of halogens is 3. The van der Waals surface area contributed by atoms with Crippen molar-refractivity contribution in [3.05, 3.63) is 29.6 Å². The molecule has 6 heteroatoms. The van der Waals surface area contributed by atoms with E-state index in [1.54, 1.807) is 0 Å². The molecule has 1 saturated carbocycles. The van der Waals surface area contributed by atoms with Crippen LogP contribution in [0.4, 0.5) is 13.2 Å². The van der Waals surface area contributed by atoms with Gasteiger partial charge in [0.05, 0.1) is 22.1 Å². The van der Waals surface area contributed by atoms with Crippen LogP contribution in [0.25, 0.3) is 11.0 Å². The monoisotopic (exact) mass is 297 g/mol. The van der Waals surface area contributed by atoms with Gasteiger partial charge in [0, 0.05) is 0 Å². The van der Waals surface area contributed by atoms with E-state index in [1.807, 2.05) is 0 Å². The maximum atomic E-state index is 12.7. The molecule has 0 spiro atoms. The van der Waals surface area contributed by atoms with Crippen molar-refractivity contribution in [2.24, 2.45) is 11.7 Å². The SMILES string of the molecule is CC1CCCC(N)(c2nc3ccc(C(F)(F)F)cc3[nH]2)C1. The lowest BCUT2D eigenvalue weighted by molar-refractivity contribution is -0.137. The van der Waals surface area contributed by atoms with Crippen molar-refractivity contribution in [1.29, 1.82) is 0 Å². The zero-order valence-corrected chi connectivity index (χ0v) is 11.8. The second kappa shape index (κ2) is 4.73. The minimum Gasteiger partial charge on any atom is -0.340 e. The lowest BCUT2D eigenvalue weighted by Crippen LogP contribution is -2.42. The molecule has 0 radical (unpaired) electrons. The van der Waals surface area contributed by atoms with E-state index in [1.165, 1.54) is 6.07 Å². The van der Waals surface area contributed by atoms with Crippen LogP contribution in [0.2, 0.25) is 0 Å². The summed E-state index contributed by atoms with van der Waals surface area (Å²) in [6.45, 7) is 2.14. The molecule has 2 atom stereocenters. The molecule has 0 saturated heterocycles. The highest BCUT2D eigenvalue weighted by Crippen LogP contribution is 2.38. The van der Waals surface area contributed by atoms with E-state index in [0.29, 0.717) is 22.8 Å². The number of hydrogen-bond acceptors (Lipinski definition) is 2. The maximum absolute atomic E-state index is 12.7. The van der Waals surface area contributed by atoms with Crippen LogP contribution < -0.4 is 5.73 Å². The number of aromatic nitrogens is 2. The molecule has 2 unspecified atom stereocenters. The predicted molar refractivity (Wildman–Crippen MR) is 74.6 cm³/mol. The van der Waals surface area contributed by atoms with Crippen molar-refractivity contribution >= 4 is 11.0 Å². The summed E-state index contributed by atoms with van der Waals surface area (Å²) in [6.07, 6.45) is -0.582. The van der Waals surface area contributed by atoms with Gasteiger partial charge >= 0.3 is 6.18 Å². The molecule has 21 heavy (non-hydrogen) atoms. The number of nitrogens with two attached hydrogens (primary N) is 1. The first-order valence-electron chi connectivity index (χ1n) is 7.14. The molecule has 0 aliphatic heterocycles. The first kappa shape index (κ1) is 14.4. The van der Waals surface area contributed by atoms with Gasteiger partial charge < -0.3 is 10.7 Å². The molecule has 2 aromatic rings. The molecular formula is C15H18F3N3. The van der Waals surface area contributed by atoms with Gasteiger partial charge in [0.15, 0.2) is 0 Å². The van der Waals surface area contributed by atoms with Gasteiger partial charge in [-0.15, -0.1) is 0 Å². The molecule has 1 heterocycles. The Labute approximate surface area is 120 Å². The van der Waals surface area contributed by atoms with Crippen LogP contribution in [0, 0.1) is 5.92 Å². The van der Waals surface area contributed by atoms with E-state index >= 15 is 0 Å². The third-order valence-electron chi connectivity index (χ3n) is 4.31. The van der Waals surface area contributed by atoms with Gasteiger partial charge in [-0.2, -0.15) is 13.2 Å². The fourth-order valence-corrected chi connectivity index (χ4v) is 3.23. The third kappa shape index (κ3) is 2.64. The predicted octanol–water partition coefficient (Wildman–Crippen LogP) is 3.95. The summed E-state index contributed by atoms with van der Waals surface area (Å²) in [5.41, 5.74) is 6.13. The molecule has 3 nitrogen and oxygen atoms in total. The number of nitrogens with zero attached hydrogens (tertiary/aromatic N) is 1. The van der Waals surface area contributed by atoms with Crippen molar-refractivity contribution in [3.63, 3.8) is 0 Å². The van der Waals surface area contributed by atoms with Gasteiger partial charge in [-0.3, -0.25) is 0 Å². The van der Waals surface area contributed by atoms with Crippen molar-refractivity contribution < 1.29 is 13.2 Å². The van der Waals surface area contributed by atoms with Crippen molar-refractivity contribution in [1.82, 2.24) is 9.97 Å². The summed E-state index contributed by atoms with van der Waals surface area (Å²) >= 11 is 0. The average molecular weight is 297 g/mol. The summed E-state index contributed by atoms with van der Waals surface area (Å²) in [4.78, 5) is 7.42. The Balaban J connectivity index is 2.01. The number of hydrogen-bond donors (Lipinski definition) is 2. The molecule has 0 amide bonds. The zero-order valence-electron chi connectivity index (χ0n) is 11.8. The molecular weight excluding hydrogens is 279 g/mol. The summed E-state index contributed by atoms with van der Waals surface area (Å²) in [5, 5.41) is 0. The summed E-state index contributed by atoms with van der Waals surface area (Å²) in [6, 6.07) is 3.55. The van der Waals surface area contributed by atoms with E-state index in [-0.39, 0.29) is 0 Å². The zero-order chi connectivity index (χ0) is 15.3. The minimum atomic E-state index is -4.35. The van der Waals surface area contributed by atoms with Crippen molar-refractivity contribution in [2.75, 3.05) is 0 Å². The molecule has 3 N–H and O–H groups in total. The number of rotatable bonds is 1. The average Bonchev–Trinajstić information content (AvgIpc) is 2.80. The van der Waals surface area contributed by atoms with Crippen LogP contribution in [0.1, 0.15) is 44.0 Å². The Hall–Kier alpha value is -1.56. The number of alkyl halides is 3. The van der Waals surface area contributed by atoms with Crippen LogP contribution >= 0.6 is 0 Å². The number of benzene rings is 1. The molecule has 1 aliphatic carbocycles. The topological polar surface area (TPSA) is 54.7 Å². The third-order valence-corrected chi connectivity index (χ3v) is 4.31. The normalized spacial score (nSPS) is 27.2. The quantitative estimate of drug-likeness (QED) is 0.837. The highest BCUT2D eigenvalue weighted by molar-refractivity contribution is 5.76. The van der Waals surface area contributed by atoms with Gasteiger partial charge in [0.2, 0.25) is 0 Å². The first-order chi connectivity index (χ1) is 9.78. The Morgan fingerprint density at radius 3 is 2.81 bits per heavy atom. The van der Waals surface area contributed by atoms with Crippen LogP contribution in [-0.2, 0) is 11.7 Å². The fraction of sp³-hybridized carbons (Fsp3) is 0.533. The standard InChI is InChI=1S/C15H18F3N3/c1-9-3-2-6-14(19,8-9)13-20-11-5-4-10(15(16,17)18)7-12(11)21-13/h4-5,7,9H,2-3,6,8,19H2,1H3,(H,20,21).